The van der Waals surface area contributed by atoms with Crippen LogP contribution < -0.4 is 5.32 Å². The van der Waals surface area contributed by atoms with Crippen LogP contribution in [-0.4, -0.2) is 12.0 Å². The molecule has 1 unspecified atom stereocenters. The maximum Gasteiger partial charge on any atom is 0.0335 e. The van der Waals surface area contributed by atoms with Crippen molar-refractivity contribution in [1.82, 2.24) is 10.3 Å². The first-order chi connectivity index (χ1) is 6.79. The SMILES string of the molecule is CCCCC(NC)c1cnccc1C. The zero-order chi connectivity index (χ0) is 10.4. The van der Waals surface area contributed by atoms with Gasteiger partial charge in [0.05, 0.1) is 0 Å². The topological polar surface area (TPSA) is 24.9 Å². The summed E-state index contributed by atoms with van der Waals surface area (Å²) in [5.74, 6) is 0. The second-order valence-electron chi connectivity index (χ2n) is 3.72. The lowest BCUT2D eigenvalue weighted by Crippen LogP contribution is -2.17. The van der Waals surface area contributed by atoms with Crippen LogP contribution in [0.15, 0.2) is 18.5 Å². The van der Waals surface area contributed by atoms with E-state index in [0.717, 1.165) is 0 Å². The van der Waals surface area contributed by atoms with Gasteiger partial charge in [-0.15, -0.1) is 0 Å². The molecule has 14 heavy (non-hydrogen) atoms. The summed E-state index contributed by atoms with van der Waals surface area (Å²) in [7, 11) is 2.02. The van der Waals surface area contributed by atoms with E-state index in [1.807, 2.05) is 19.4 Å². The summed E-state index contributed by atoms with van der Waals surface area (Å²) in [4.78, 5) is 4.18. The molecule has 1 heterocycles. The fourth-order valence-electron chi connectivity index (χ4n) is 1.70. The van der Waals surface area contributed by atoms with Gasteiger partial charge in [0, 0.05) is 18.4 Å². The van der Waals surface area contributed by atoms with E-state index in [2.05, 4.69) is 30.2 Å². The number of unbranched alkanes of at least 4 members (excludes halogenated alkanes) is 1. The largest absolute Gasteiger partial charge is 0.313 e. The number of aryl methyl sites for hydroxylation is 1. The van der Waals surface area contributed by atoms with E-state index >= 15 is 0 Å². The number of nitrogens with one attached hydrogen (secondary N) is 1. The Morgan fingerprint density at radius 3 is 2.86 bits per heavy atom. The third kappa shape index (κ3) is 2.81. The van der Waals surface area contributed by atoms with Crippen molar-refractivity contribution in [2.75, 3.05) is 7.05 Å². The molecule has 0 fully saturated rings. The smallest absolute Gasteiger partial charge is 0.0335 e. The van der Waals surface area contributed by atoms with Crippen molar-refractivity contribution >= 4 is 0 Å². The van der Waals surface area contributed by atoms with Gasteiger partial charge < -0.3 is 5.32 Å². The van der Waals surface area contributed by atoms with Crippen molar-refractivity contribution < 1.29 is 0 Å². The van der Waals surface area contributed by atoms with Crippen LogP contribution in [0.4, 0.5) is 0 Å². The Morgan fingerprint density at radius 2 is 2.29 bits per heavy atom. The Kier molecular flexibility index (Phi) is 4.60. The lowest BCUT2D eigenvalue weighted by molar-refractivity contribution is 0.519. The standard InChI is InChI=1S/C12H20N2/c1-4-5-6-12(13-3)11-9-14-8-7-10(11)2/h7-9,12-13H,4-6H2,1-3H3. The second-order valence-corrected chi connectivity index (χ2v) is 3.72. The van der Waals surface area contributed by atoms with Crippen molar-refractivity contribution in [3.8, 4) is 0 Å². The molecule has 2 heteroatoms. The van der Waals surface area contributed by atoms with Crippen LogP contribution in [0.3, 0.4) is 0 Å². The van der Waals surface area contributed by atoms with Crippen LogP contribution in [0.25, 0.3) is 0 Å². The molecule has 0 aromatic carbocycles. The Morgan fingerprint density at radius 1 is 1.50 bits per heavy atom. The monoisotopic (exact) mass is 192 g/mol. The first-order valence-corrected chi connectivity index (χ1v) is 5.37. The molecule has 0 saturated heterocycles. The summed E-state index contributed by atoms with van der Waals surface area (Å²) in [5, 5.41) is 3.35. The number of hydrogen-bond donors (Lipinski definition) is 1. The zero-order valence-corrected chi connectivity index (χ0v) is 9.38. The number of pyridine rings is 1. The highest BCUT2D eigenvalue weighted by Gasteiger charge is 2.10. The summed E-state index contributed by atoms with van der Waals surface area (Å²) in [6.45, 7) is 4.37. The van der Waals surface area contributed by atoms with Gasteiger partial charge in [-0.1, -0.05) is 19.8 Å². The minimum atomic E-state index is 0.462. The molecule has 1 N–H and O–H groups in total. The first-order valence-electron chi connectivity index (χ1n) is 5.37. The summed E-state index contributed by atoms with van der Waals surface area (Å²) in [5.41, 5.74) is 2.67. The van der Waals surface area contributed by atoms with E-state index < -0.39 is 0 Å². The van der Waals surface area contributed by atoms with Crippen LogP contribution >= 0.6 is 0 Å². The summed E-state index contributed by atoms with van der Waals surface area (Å²) in [6, 6.07) is 2.54. The molecule has 0 bridgehead atoms. The van der Waals surface area contributed by atoms with E-state index in [4.69, 9.17) is 0 Å². The van der Waals surface area contributed by atoms with Crippen LogP contribution in [0.1, 0.15) is 43.4 Å². The molecule has 1 atom stereocenters. The van der Waals surface area contributed by atoms with Crippen molar-refractivity contribution in [3.63, 3.8) is 0 Å². The predicted molar refractivity (Wildman–Crippen MR) is 60.3 cm³/mol. The van der Waals surface area contributed by atoms with Gasteiger partial charge in [-0.2, -0.15) is 0 Å². The highest BCUT2D eigenvalue weighted by Crippen LogP contribution is 2.20. The van der Waals surface area contributed by atoms with Gasteiger partial charge in [0.15, 0.2) is 0 Å². The van der Waals surface area contributed by atoms with Gasteiger partial charge >= 0.3 is 0 Å². The summed E-state index contributed by atoms with van der Waals surface area (Å²) in [6.07, 6.45) is 7.54. The van der Waals surface area contributed by atoms with Crippen LogP contribution in [-0.2, 0) is 0 Å². The first kappa shape index (κ1) is 11.2. The summed E-state index contributed by atoms with van der Waals surface area (Å²) < 4.78 is 0. The molecule has 0 radical (unpaired) electrons. The molecule has 2 nitrogen and oxygen atoms in total. The normalized spacial score (nSPS) is 12.8. The van der Waals surface area contributed by atoms with Crippen LogP contribution in [0.5, 0.6) is 0 Å². The molecule has 78 valence electrons. The van der Waals surface area contributed by atoms with Crippen molar-refractivity contribution in [2.45, 2.75) is 39.2 Å². The van der Waals surface area contributed by atoms with E-state index in [1.54, 1.807) is 0 Å². The zero-order valence-electron chi connectivity index (χ0n) is 9.38. The van der Waals surface area contributed by atoms with E-state index in [0.29, 0.717) is 6.04 Å². The fourth-order valence-corrected chi connectivity index (χ4v) is 1.70. The Balaban J connectivity index is 2.73. The maximum absolute atomic E-state index is 4.18. The number of aromatic nitrogens is 1. The number of hydrogen-bond acceptors (Lipinski definition) is 2. The van der Waals surface area contributed by atoms with E-state index in [1.165, 1.54) is 30.4 Å². The average molecular weight is 192 g/mol. The molecule has 1 aromatic rings. The summed E-state index contributed by atoms with van der Waals surface area (Å²) >= 11 is 0. The number of nitrogens with zero attached hydrogens (tertiary/aromatic N) is 1. The van der Waals surface area contributed by atoms with Crippen molar-refractivity contribution in [3.05, 3.63) is 29.6 Å². The van der Waals surface area contributed by atoms with E-state index in [-0.39, 0.29) is 0 Å². The minimum Gasteiger partial charge on any atom is -0.313 e. The van der Waals surface area contributed by atoms with Gasteiger partial charge in [-0.25, -0.2) is 0 Å². The highest BCUT2D eigenvalue weighted by molar-refractivity contribution is 5.24. The van der Waals surface area contributed by atoms with Crippen molar-refractivity contribution in [1.29, 1.82) is 0 Å². The van der Waals surface area contributed by atoms with Crippen molar-refractivity contribution in [2.24, 2.45) is 0 Å². The maximum atomic E-state index is 4.18. The van der Waals surface area contributed by atoms with Crippen LogP contribution in [0.2, 0.25) is 0 Å². The van der Waals surface area contributed by atoms with E-state index in [9.17, 15) is 0 Å². The molecule has 0 aliphatic carbocycles. The quantitative estimate of drug-likeness (QED) is 0.776. The van der Waals surface area contributed by atoms with Gasteiger partial charge in [0.25, 0.3) is 0 Å². The third-order valence-electron chi connectivity index (χ3n) is 2.65. The number of rotatable bonds is 5. The highest BCUT2D eigenvalue weighted by atomic mass is 14.9. The molecule has 0 aliphatic heterocycles. The van der Waals surface area contributed by atoms with Gasteiger partial charge in [-0.05, 0) is 37.6 Å². The van der Waals surface area contributed by atoms with Gasteiger partial charge in [0.1, 0.15) is 0 Å². The third-order valence-corrected chi connectivity index (χ3v) is 2.65. The Labute approximate surface area is 86.8 Å². The molecule has 1 rings (SSSR count). The molecule has 0 spiro atoms. The Bertz CT molecular complexity index is 271. The molecular formula is C12H20N2. The Hall–Kier alpha value is -0.890. The average Bonchev–Trinajstić information content (AvgIpc) is 2.21. The molecular weight excluding hydrogens is 172 g/mol. The molecule has 1 aromatic heterocycles. The molecule has 0 aliphatic rings. The lowest BCUT2D eigenvalue weighted by atomic mass is 9.99. The molecule has 0 saturated carbocycles. The molecule has 0 amide bonds. The second kappa shape index (κ2) is 5.76. The predicted octanol–water partition coefficient (Wildman–Crippen LogP) is 2.84. The fraction of sp³-hybridized carbons (Fsp3) is 0.583. The van der Waals surface area contributed by atoms with Crippen LogP contribution in [0, 0.1) is 6.92 Å². The minimum absolute atomic E-state index is 0.462. The van der Waals surface area contributed by atoms with Gasteiger partial charge in [0.2, 0.25) is 0 Å². The van der Waals surface area contributed by atoms with Gasteiger partial charge in [-0.3, -0.25) is 4.98 Å². The lowest BCUT2D eigenvalue weighted by Gasteiger charge is -2.17.